The fourth-order valence-corrected chi connectivity index (χ4v) is 0.468. The highest BCUT2D eigenvalue weighted by Crippen LogP contribution is 2.23. The lowest BCUT2D eigenvalue weighted by Crippen LogP contribution is -1.80. The fraction of sp³-hybridized carbons (Fsp3) is 0.143. The molecule has 0 spiro atoms. The first-order valence-corrected chi connectivity index (χ1v) is 2.90. The molecular formula is C7H7ClF2. The van der Waals surface area contributed by atoms with Crippen LogP contribution in [-0.4, -0.2) is 0 Å². The van der Waals surface area contributed by atoms with Crippen molar-refractivity contribution in [2.24, 2.45) is 0 Å². The van der Waals surface area contributed by atoms with Gasteiger partial charge >= 0.3 is 0 Å². The molecule has 0 saturated heterocycles. The van der Waals surface area contributed by atoms with Crippen molar-refractivity contribution in [2.75, 3.05) is 0 Å². The molecule has 0 radical (unpaired) electrons. The summed E-state index contributed by atoms with van der Waals surface area (Å²) in [6.45, 7) is 7.44. The third kappa shape index (κ3) is 2.31. The average molecular weight is 165 g/mol. The minimum absolute atomic E-state index is 0.0869. The highest BCUT2D eigenvalue weighted by Gasteiger charge is 2.06. The molecule has 0 aliphatic carbocycles. The first-order valence-electron chi connectivity index (χ1n) is 2.52. The van der Waals surface area contributed by atoms with Gasteiger partial charge in [-0.3, -0.25) is 0 Å². The van der Waals surface area contributed by atoms with Crippen molar-refractivity contribution in [3.8, 4) is 0 Å². The van der Waals surface area contributed by atoms with Gasteiger partial charge in [0.15, 0.2) is 0 Å². The van der Waals surface area contributed by atoms with Gasteiger partial charge in [-0.05, 0) is 12.5 Å². The fourth-order valence-electron chi connectivity index (χ4n) is 0.306. The summed E-state index contributed by atoms with van der Waals surface area (Å²) < 4.78 is 24.6. The van der Waals surface area contributed by atoms with Gasteiger partial charge in [0.05, 0.1) is 0 Å². The molecular weight excluding hydrogens is 158 g/mol. The highest BCUT2D eigenvalue weighted by atomic mass is 35.5. The maximum atomic E-state index is 12.5. The van der Waals surface area contributed by atoms with E-state index in [1.54, 1.807) is 0 Å². The first-order chi connectivity index (χ1) is 4.46. The number of halogens is 3. The standard InChI is InChI=1S/C7H7ClF2/c1-4(2)7(10)6(8)5(3)9/h1,3H2,2H3/b7-6-. The van der Waals surface area contributed by atoms with Gasteiger partial charge in [0.25, 0.3) is 0 Å². The molecule has 0 aliphatic rings. The summed E-state index contributed by atoms with van der Waals surface area (Å²) >= 11 is 5.13. The monoisotopic (exact) mass is 164 g/mol. The molecule has 0 aromatic carbocycles. The predicted octanol–water partition coefficient (Wildman–Crippen LogP) is 3.47. The van der Waals surface area contributed by atoms with E-state index in [0.29, 0.717) is 0 Å². The first kappa shape index (κ1) is 9.37. The second kappa shape index (κ2) is 3.52. The Balaban J connectivity index is 4.67. The van der Waals surface area contributed by atoms with E-state index in [-0.39, 0.29) is 5.57 Å². The summed E-state index contributed by atoms with van der Waals surface area (Å²) in [6, 6.07) is 0. The van der Waals surface area contributed by atoms with E-state index < -0.39 is 16.7 Å². The highest BCUT2D eigenvalue weighted by molar-refractivity contribution is 6.32. The SMILES string of the molecule is C=C(C)/C(F)=C(/Cl)C(=C)F. The number of hydrogen-bond donors (Lipinski definition) is 0. The van der Waals surface area contributed by atoms with Crippen LogP contribution in [0.2, 0.25) is 0 Å². The van der Waals surface area contributed by atoms with Crippen LogP contribution in [0, 0.1) is 0 Å². The van der Waals surface area contributed by atoms with Gasteiger partial charge in [-0.1, -0.05) is 24.8 Å². The molecule has 0 nitrogen and oxygen atoms in total. The Morgan fingerprint density at radius 1 is 1.30 bits per heavy atom. The molecule has 0 saturated carbocycles. The van der Waals surface area contributed by atoms with Gasteiger partial charge in [-0.25, -0.2) is 8.78 Å². The van der Waals surface area contributed by atoms with Gasteiger partial charge in [-0.15, -0.1) is 0 Å². The van der Waals surface area contributed by atoms with Crippen LogP contribution in [-0.2, 0) is 0 Å². The molecule has 0 aliphatic heterocycles. The van der Waals surface area contributed by atoms with Crippen LogP contribution in [0.5, 0.6) is 0 Å². The Labute approximate surface area is 63.5 Å². The lowest BCUT2D eigenvalue weighted by atomic mass is 10.3. The van der Waals surface area contributed by atoms with Crippen molar-refractivity contribution in [1.82, 2.24) is 0 Å². The number of rotatable bonds is 2. The van der Waals surface area contributed by atoms with Crippen molar-refractivity contribution in [2.45, 2.75) is 6.92 Å². The topological polar surface area (TPSA) is 0 Å². The molecule has 0 fully saturated rings. The van der Waals surface area contributed by atoms with Gasteiger partial charge in [-0.2, -0.15) is 0 Å². The number of allylic oxidation sites excluding steroid dienone is 4. The second-order valence-electron chi connectivity index (χ2n) is 1.81. The maximum Gasteiger partial charge on any atom is 0.147 e. The van der Waals surface area contributed by atoms with E-state index >= 15 is 0 Å². The van der Waals surface area contributed by atoms with E-state index in [1.807, 2.05) is 0 Å². The molecule has 0 rings (SSSR count). The van der Waals surface area contributed by atoms with Gasteiger partial charge in [0.1, 0.15) is 16.7 Å². The Hall–Kier alpha value is -0.630. The molecule has 10 heavy (non-hydrogen) atoms. The van der Waals surface area contributed by atoms with Crippen molar-refractivity contribution < 1.29 is 8.78 Å². The summed E-state index contributed by atoms with van der Waals surface area (Å²) in [5.74, 6) is -1.84. The third-order valence-electron chi connectivity index (χ3n) is 0.806. The average Bonchev–Trinajstić information content (AvgIpc) is 1.84. The van der Waals surface area contributed by atoms with Gasteiger partial charge in [0, 0.05) is 0 Å². The zero-order chi connectivity index (χ0) is 8.31. The molecule has 0 amide bonds. The van der Waals surface area contributed by atoms with E-state index in [1.165, 1.54) is 6.92 Å². The summed E-state index contributed by atoms with van der Waals surface area (Å²) in [7, 11) is 0. The molecule has 3 heteroatoms. The van der Waals surface area contributed by atoms with E-state index in [0.717, 1.165) is 0 Å². The van der Waals surface area contributed by atoms with E-state index in [9.17, 15) is 8.78 Å². The van der Waals surface area contributed by atoms with Crippen molar-refractivity contribution in [3.63, 3.8) is 0 Å². The molecule has 0 aromatic heterocycles. The summed E-state index contributed by atoms with van der Waals surface area (Å²) in [4.78, 5) is 0. The third-order valence-corrected chi connectivity index (χ3v) is 1.18. The lowest BCUT2D eigenvalue weighted by molar-refractivity contribution is 0.618. The summed E-state index contributed by atoms with van der Waals surface area (Å²) in [5.41, 5.74) is 0.0869. The molecule has 0 aromatic rings. The smallest absolute Gasteiger partial charge is 0.147 e. The lowest BCUT2D eigenvalue weighted by Gasteiger charge is -1.96. The molecule has 56 valence electrons. The normalized spacial score (nSPS) is 12.4. The molecule has 0 bridgehead atoms. The van der Waals surface area contributed by atoms with Gasteiger partial charge in [0.2, 0.25) is 0 Å². The van der Waals surface area contributed by atoms with Crippen molar-refractivity contribution in [1.29, 1.82) is 0 Å². The van der Waals surface area contributed by atoms with Crippen LogP contribution >= 0.6 is 11.6 Å². The number of hydrogen-bond acceptors (Lipinski definition) is 0. The largest absolute Gasteiger partial charge is 0.206 e. The van der Waals surface area contributed by atoms with Crippen LogP contribution in [0.25, 0.3) is 0 Å². The molecule has 0 N–H and O–H groups in total. The van der Waals surface area contributed by atoms with Crippen molar-refractivity contribution in [3.05, 3.63) is 35.4 Å². The van der Waals surface area contributed by atoms with E-state index in [4.69, 9.17) is 11.6 Å². The predicted molar refractivity (Wildman–Crippen MR) is 39.0 cm³/mol. The van der Waals surface area contributed by atoms with Crippen LogP contribution in [0.4, 0.5) is 8.78 Å². The second-order valence-corrected chi connectivity index (χ2v) is 2.19. The Morgan fingerprint density at radius 2 is 1.70 bits per heavy atom. The minimum Gasteiger partial charge on any atom is -0.206 e. The minimum atomic E-state index is -0.984. The molecule has 0 heterocycles. The van der Waals surface area contributed by atoms with Crippen molar-refractivity contribution >= 4 is 11.6 Å². The summed E-state index contributed by atoms with van der Waals surface area (Å²) in [5, 5.41) is -0.604. The summed E-state index contributed by atoms with van der Waals surface area (Å²) in [6.07, 6.45) is 0. The van der Waals surface area contributed by atoms with Crippen LogP contribution < -0.4 is 0 Å². The van der Waals surface area contributed by atoms with Crippen LogP contribution in [0.3, 0.4) is 0 Å². The van der Waals surface area contributed by atoms with Crippen LogP contribution in [0.15, 0.2) is 35.4 Å². The zero-order valence-corrected chi connectivity index (χ0v) is 6.30. The quantitative estimate of drug-likeness (QED) is 0.549. The Morgan fingerprint density at radius 3 is 1.80 bits per heavy atom. The zero-order valence-electron chi connectivity index (χ0n) is 5.55. The van der Waals surface area contributed by atoms with Crippen LogP contribution in [0.1, 0.15) is 6.92 Å². The molecule has 0 unspecified atom stereocenters. The Kier molecular flexibility index (Phi) is 3.30. The maximum absolute atomic E-state index is 12.5. The Bertz CT molecular complexity index is 182. The molecule has 0 atom stereocenters. The van der Waals surface area contributed by atoms with Gasteiger partial charge < -0.3 is 0 Å². The van der Waals surface area contributed by atoms with E-state index in [2.05, 4.69) is 13.2 Å².